The third-order valence-electron chi connectivity index (χ3n) is 4.55. The Morgan fingerprint density at radius 3 is 2.76 bits per heavy atom. The maximum absolute atomic E-state index is 11.2. The van der Waals surface area contributed by atoms with Crippen molar-refractivity contribution in [1.82, 2.24) is 0 Å². The van der Waals surface area contributed by atoms with Gasteiger partial charge in [0.15, 0.2) is 0 Å². The summed E-state index contributed by atoms with van der Waals surface area (Å²) in [6, 6.07) is 0. The van der Waals surface area contributed by atoms with Crippen LogP contribution >= 0.6 is 0 Å². The van der Waals surface area contributed by atoms with Crippen LogP contribution in [-0.4, -0.2) is 11.1 Å². The number of allylic oxidation sites excluding steroid dienone is 3. The van der Waals surface area contributed by atoms with Crippen molar-refractivity contribution in [3.05, 3.63) is 23.3 Å². The lowest BCUT2D eigenvalue weighted by Crippen LogP contribution is -2.02. The number of rotatable bonds is 1. The molecule has 17 heavy (non-hydrogen) atoms. The molecule has 0 amide bonds. The highest BCUT2D eigenvalue weighted by Gasteiger charge is 2.55. The topological polar surface area (TPSA) is 37.3 Å². The molecule has 2 nitrogen and oxygen atoms in total. The van der Waals surface area contributed by atoms with Crippen LogP contribution in [0.25, 0.3) is 0 Å². The van der Waals surface area contributed by atoms with Crippen LogP contribution in [0, 0.1) is 17.3 Å². The summed E-state index contributed by atoms with van der Waals surface area (Å²) in [5, 5.41) is 9.20. The predicted molar refractivity (Wildman–Crippen MR) is 68.7 cm³/mol. The van der Waals surface area contributed by atoms with Crippen molar-refractivity contribution in [2.75, 3.05) is 0 Å². The Kier molecular flexibility index (Phi) is 3.15. The Labute approximate surface area is 103 Å². The Hall–Kier alpha value is -1.05. The number of aliphatic carboxylic acids is 1. The molecular weight excluding hydrogens is 212 g/mol. The van der Waals surface area contributed by atoms with Crippen LogP contribution in [0.1, 0.15) is 46.5 Å². The quantitative estimate of drug-likeness (QED) is 0.701. The lowest BCUT2D eigenvalue weighted by Gasteiger charge is -2.05. The molecule has 1 fully saturated rings. The van der Waals surface area contributed by atoms with E-state index in [4.69, 9.17) is 0 Å². The largest absolute Gasteiger partial charge is 0.478 e. The van der Waals surface area contributed by atoms with E-state index in [1.165, 1.54) is 18.4 Å². The van der Waals surface area contributed by atoms with E-state index in [1.54, 1.807) is 0 Å². The fraction of sp³-hybridized carbons (Fsp3) is 0.667. The molecule has 0 aromatic rings. The summed E-state index contributed by atoms with van der Waals surface area (Å²) in [6.45, 7) is 6.68. The zero-order valence-electron chi connectivity index (χ0n) is 11.0. The standard InChI is InChI=1S/C15H22O2/c1-10-5-4-6-11(14(16)17)9-13-12(8-7-10)15(13,2)3/h5,9,12-13H,4,6-8H2,1-3H3,(H,16,17)/b10-5+,11-9-/t12-,13+/m0/s1. The van der Waals surface area contributed by atoms with Gasteiger partial charge in [-0.1, -0.05) is 31.6 Å². The maximum Gasteiger partial charge on any atom is 0.331 e. The van der Waals surface area contributed by atoms with E-state index in [0.29, 0.717) is 29.2 Å². The van der Waals surface area contributed by atoms with Crippen LogP contribution in [0.5, 0.6) is 0 Å². The maximum atomic E-state index is 11.2. The smallest absolute Gasteiger partial charge is 0.331 e. The highest BCUT2D eigenvalue weighted by molar-refractivity contribution is 5.86. The van der Waals surface area contributed by atoms with Gasteiger partial charge in [-0.05, 0) is 49.9 Å². The summed E-state index contributed by atoms with van der Waals surface area (Å²) in [6.07, 6.45) is 8.13. The van der Waals surface area contributed by atoms with Crippen molar-refractivity contribution in [3.63, 3.8) is 0 Å². The molecule has 1 N–H and O–H groups in total. The van der Waals surface area contributed by atoms with Gasteiger partial charge >= 0.3 is 5.97 Å². The molecule has 0 aliphatic heterocycles. The van der Waals surface area contributed by atoms with E-state index in [2.05, 4.69) is 26.8 Å². The predicted octanol–water partition coefficient (Wildman–Crippen LogP) is 3.79. The fourth-order valence-corrected chi connectivity index (χ4v) is 3.11. The third kappa shape index (κ3) is 2.46. The molecule has 0 saturated heterocycles. The SMILES string of the molecule is C/C1=C\CC/C(C(=O)O)=C/[C@@H]2[C@H](CC1)C2(C)C. The van der Waals surface area contributed by atoms with Gasteiger partial charge in [-0.3, -0.25) is 0 Å². The molecule has 94 valence electrons. The average molecular weight is 234 g/mol. The first-order valence-corrected chi connectivity index (χ1v) is 6.52. The average Bonchev–Trinajstić information content (AvgIpc) is 2.76. The normalized spacial score (nSPS) is 38.1. The number of hydrogen-bond acceptors (Lipinski definition) is 1. The van der Waals surface area contributed by atoms with Gasteiger partial charge in [0.25, 0.3) is 0 Å². The minimum Gasteiger partial charge on any atom is -0.478 e. The minimum atomic E-state index is -0.738. The van der Waals surface area contributed by atoms with E-state index in [9.17, 15) is 9.90 Å². The van der Waals surface area contributed by atoms with Crippen LogP contribution < -0.4 is 0 Å². The molecule has 0 unspecified atom stereocenters. The van der Waals surface area contributed by atoms with Gasteiger partial charge in [0, 0.05) is 5.57 Å². The number of carboxylic acids is 1. The molecule has 0 aromatic carbocycles. The summed E-state index contributed by atoms with van der Waals surface area (Å²) in [5.74, 6) is 0.399. The molecular formula is C15H22O2. The van der Waals surface area contributed by atoms with Crippen LogP contribution in [0.15, 0.2) is 23.3 Å². The molecule has 2 rings (SSSR count). The summed E-state index contributed by atoms with van der Waals surface area (Å²) in [5.41, 5.74) is 2.32. The van der Waals surface area contributed by atoms with Gasteiger partial charge in [-0.25, -0.2) is 4.79 Å². The Morgan fingerprint density at radius 2 is 2.12 bits per heavy atom. The van der Waals surface area contributed by atoms with Crippen molar-refractivity contribution in [2.45, 2.75) is 46.5 Å². The van der Waals surface area contributed by atoms with Gasteiger partial charge in [0.05, 0.1) is 0 Å². The molecule has 2 aliphatic rings. The van der Waals surface area contributed by atoms with Gasteiger partial charge in [-0.15, -0.1) is 0 Å². The molecule has 0 spiro atoms. The van der Waals surface area contributed by atoms with E-state index < -0.39 is 5.97 Å². The molecule has 2 aliphatic carbocycles. The van der Waals surface area contributed by atoms with Crippen molar-refractivity contribution in [3.8, 4) is 0 Å². The lowest BCUT2D eigenvalue weighted by molar-refractivity contribution is -0.132. The molecule has 2 atom stereocenters. The monoisotopic (exact) mass is 234 g/mol. The second-order valence-corrected chi connectivity index (χ2v) is 6.08. The van der Waals surface area contributed by atoms with Gasteiger partial charge in [-0.2, -0.15) is 0 Å². The molecule has 2 heteroatoms. The van der Waals surface area contributed by atoms with Gasteiger partial charge in [0.1, 0.15) is 0 Å². The molecule has 1 saturated carbocycles. The number of fused-ring (bicyclic) bond motifs is 1. The van der Waals surface area contributed by atoms with E-state index in [1.807, 2.05) is 6.08 Å². The number of carboxylic acid groups (broad SMARTS) is 1. The molecule has 0 bridgehead atoms. The van der Waals surface area contributed by atoms with Crippen molar-refractivity contribution < 1.29 is 9.90 Å². The fourth-order valence-electron chi connectivity index (χ4n) is 3.11. The Balaban J connectivity index is 2.22. The van der Waals surface area contributed by atoms with Gasteiger partial charge in [0.2, 0.25) is 0 Å². The van der Waals surface area contributed by atoms with E-state index in [-0.39, 0.29) is 0 Å². The Bertz CT molecular complexity index is 388. The molecule has 0 aromatic heterocycles. The first kappa shape index (κ1) is 12.4. The van der Waals surface area contributed by atoms with Crippen molar-refractivity contribution >= 4 is 5.97 Å². The summed E-state index contributed by atoms with van der Waals surface area (Å²) >= 11 is 0. The molecule has 0 heterocycles. The van der Waals surface area contributed by atoms with Crippen LogP contribution in [0.2, 0.25) is 0 Å². The van der Waals surface area contributed by atoms with Gasteiger partial charge < -0.3 is 5.11 Å². The second kappa shape index (κ2) is 4.32. The summed E-state index contributed by atoms with van der Waals surface area (Å²) in [7, 11) is 0. The Morgan fingerprint density at radius 1 is 1.41 bits per heavy atom. The zero-order valence-corrected chi connectivity index (χ0v) is 11.0. The zero-order chi connectivity index (χ0) is 12.6. The van der Waals surface area contributed by atoms with E-state index in [0.717, 1.165) is 6.42 Å². The van der Waals surface area contributed by atoms with Crippen LogP contribution in [0.3, 0.4) is 0 Å². The number of hydrogen-bond donors (Lipinski definition) is 1. The third-order valence-corrected chi connectivity index (χ3v) is 4.55. The number of carbonyl (C=O) groups is 1. The highest BCUT2D eigenvalue weighted by atomic mass is 16.4. The first-order valence-electron chi connectivity index (χ1n) is 6.52. The van der Waals surface area contributed by atoms with Crippen LogP contribution in [0.4, 0.5) is 0 Å². The van der Waals surface area contributed by atoms with Crippen molar-refractivity contribution in [1.29, 1.82) is 0 Å². The lowest BCUT2D eigenvalue weighted by atomic mass is 10.0. The minimum absolute atomic E-state index is 0.297. The second-order valence-electron chi connectivity index (χ2n) is 6.08. The first-order chi connectivity index (χ1) is 7.93. The summed E-state index contributed by atoms with van der Waals surface area (Å²) < 4.78 is 0. The van der Waals surface area contributed by atoms with Crippen molar-refractivity contribution in [2.24, 2.45) is 17.3 Å². The highest BCUT2D eigenvalue weighted by Crippen LogP contribution is 2.61. The summed E-state index contributed by atoms with van der Waals surface area (Å²) in [4.78, 5) is 11.2. The van der Waals surface area contributed by atoms with E-state index >= 15 is 0 Å². The molecule has 0 radical (unpaired) electrons. The van der Waals surface area contributed by atoms with Crippen LogP contribution in [-0.2, 0) is 4.79 Å².